The summed E-state index contributed by atoms with van der Waals surface area (Å²) in [5.41, 5.74) is 10.7. The van der Waals surface area contributed by atoms with Crippen LogP contribution in [0.4, 0.5) is 17.2 Å². The number of ether oxygens (including phenoxy) is 2. The first kappa shape index (κ1) is 38.5. The monoisotopic (exact) mass is 884 g/mol. The summed E-state index contributed by atoms with van der Waals surface area (Å²) in [7, 11) is 0. The summed E-state index contributed by atoms with van der Waals surface area (Å²) < 4.78 is 13.0. The van der Waals surface area contributed by atoms with Crippen LogP contribution in [-0.2, 0) is 36.6 Å². The van der Waals surface area contributed by atoms with Crippen molar-refractivity contribution in [2.45, 2.75) is 104 Å². The first-order valence-corrected chi connectivity index (χ1v) is 18.6. The van der Waals surface area contributed by atoms with Gasteiger partial charge in [-0.2, -0.15) is 6.07 Å². The van der Waals surface area contributed by atoms with E-state index < -0.39 is 0 Å². The molecule has 0 atom stereocenters. The van der Waals surface area contributed by atoms with E-state index in [1.165, 1.54) is 27.8 Å². The maximum Gasteiger partial charge on any atom is 2.00 e. The molecular formula is C47H51N3O2Pt. The smallest absolute Gasteiger partial charge is 0.518 e. The van der Waals surface area contributed by atoms with Crippen LogP contribution in [-0.4, -0.2) is 23.0 Å². The molecule has 53 heavy (non-hydrogen) atoms. The molecule has 0 amide bonds. The van der Waals surface area contributed by atoms with Crippen LogP contribution in [0, 0.1) is 12.1 Å². The van der Waals surface area contributed by atoms with Gasteiger partial charge in [-0.15, -0.1) is 23.8 Å². The zero-order valence-corrected chi connectivity index (χ0v) is 35.2. The number of para-hydroxylation sites is 1. The van der Waals surface area contributed by atoms with Crippen molar-refractivity contribution in [1.29, 1.82) is 0 Å². The van der Waals surface area contributed by atoms with Crippen molar-refractivity contribution < 1.29 is 30.5 Å². The van der Waals surface area contributed by atoms with E-state index in [9.17, 15) is 0 Å². The SMILES string of the molecule is CC(C)c1cccc(C(C)C)c1-c1cc(Oc2[c-]c3c(cc2)C(C)(C)c2ccccc2N3c2cc(C(C)(C)C)ccn2)[c-]c(C2=NC(C)(C)CO2)c1.[Pt+2]. The number of benzene rings is 4. The van der Waals surface area contributed by atoms with Crippen molar-refractivity contribution in [2.24, 2.45) is 4.99 Å². The fourth-order valence-corrected chi connectivity index (χ4v) is 7.49. The van der Waals surface area contributed by atoms with Gasteiger partial charge in [0.05, 0.1) is 5.54 Å². The van der Waals surface area contributed by atoms with E-state index >= 15 is 0 Å². The summed E-state index contributed by atoms with van der Waals surface area (Å²) in [5.74, 6) is 3.30. The molecule has 2 aliphatic rings. The molecule has 276 valence electrons. The average Bonchev–Trinajstić information content (AvgIpc) is 3.47. The van der Waals surface area contributed by atoms with Crippen LogP contribution in [0.25, 0.3) is 11.1 Å². The van der Waals surface area contributed by atoms with Gasteiger partial charge < -0.3 is 14.4 Å². The molecule has 0 N–H and O–H groups in total. The third-order valence-corrected chi connectivity index (χ3v) is 10.4. The van der Waals surface area contributed by atoms with E-state index in [1.54, 1.807) is 0 Å². The van der Waals surface area contributed by atoms with Gasteiger partial charge in [-0.05, 0) is 82.5 Å². The molecule has 5 aromatic rings. The summed E-state index contributed by atoms with van der Waals surface area (Å²) in [6.07, 6.45) is 1.91. The van der Waals surface area contributed by atoms with E-state index in [2.05, 4.69) is 166 Å². The Morgan fingerprint density at radius 3 is 2.13 bits per heavy atom. The van der Waals surface area contributed by atoms with Gasteiger partial charge in [-0.1, -0.05) is 128 Å². The minimum atomic E-state index is -0.309. The van der Waals surface area contributed by atoms with E-state index in [4.69, 9.17) is 19.5 Å². The molecular weight excluding hydrogens is 834 g/mol. The largest absolute Gasteiger partial charge is 2.00 e. The molecule has 0 aliphatic carbocycles. The van der Waals surface area contributed by atoms with Crippen LogP contribution in [0.5, 0.6) is 11.5 Å². The first-order chi connectivity index (χ1) is 24.5. The number of hydrogen-bond acceptors (Lipinski definition) is 5. The van der Waals surface area contributed by atoms with Crippen LogP contribution >= 0.6 is 0 Å². The number of hydrogen-bond donors (Lipinski definition) is 0. The Balaban J connectivity index is 0.00000481. The normalized spacial score (nSPS) is 15.7. The van der Waals surface area contributed by atoms with Crippen molar-refractivity contribution >= 4 is 23.1 Å². The Hall–Kier alpha value is -4.21. The molecule has 3 heterocycles. The topological polar surface area (TPSA) is 47.0 Å². The molecule has 0 bridgehead atoms. The van der Waals surface area contributed by atoms with Gasteiger partial charge in [0.15, 0.2) is 0 Å². The van der Waals surface area contributed by atoms with Gasteiger partial charge in [-0.25, -0.2) is 4.98 Å². The Bertz CT molecular complexity index is 2160. The van der Waals surface area contributed by atoms with E-state index in [0.29, 0.717) is 35.8 Å². The minimum Gasteiger partial charge on any atom is -0.518 e. The zero-order chi connectivity index (χ0) is 37.2. The summed E-state index contributed by atoms with van der Waals surface area (Å²) in [6.45, 7) is 25.0. The van der Waals surface area contributed by atoms with Crippen LogP contribution < -0.4 is 9.64 Å². The Morgan fingerprint density at radius 2 is 1.49 bits per heavy atom. The second-order valence-corrected chi connectivity index (χ2v) is 17.1. The van der Waals surface area contributed by atoms with Crippen molar-refractivity contribution in [3.8, 4) is 22.6 Å². The zero-order valence-electron chi connectivity index (χ0n) is 32.9. The number of pyridine rings is 1. The van der Waals surface area contributed by atoms with Gasteiger partial charge >= 0.3 is 21.1 Å². The van der Waals surface area contributed by atoms with Crippen molar-refractivity contribution in [3.05, 3.63) is 131 Å². The standard InChI is InChI=1S/C47H51N3O2.Pt/c1-29(2)36-15-14-16-37(30(3)4)43(36)31-23-32(44-49-46(8,9)28-51-44)25-35(24-31)52-34-19-20-39-41(27-34)50(40-18-13-12-17-38(40)47(39,10)11)42-26-33(21-22-48-42)45(5,6)7;/h12-24,26,29-30H,28H2,1-11H3;/q-2;+2. The molecule has 4 aromatic carbocycles. The maximum absolute atomic E-state index is 6.81. The number of anilines is 3. The van der Waals surface area contributed by atoms with Crippen LogP contribution in [0.15, 0.2) is 90.1 Å². The summed E-state index contributed by atoms with van der Waals surface area (Å²) in [5, 5.41) is 0. The number of fused-ring (bicyclic) bond motifs is 2. The third-order valence-electron chi connectivity index (χ3n) is 10.4. The molecule has 7 rings (SSSR count). The molecule has 0 saturated carbocycles. The molecule has 0 unspecified atom stereocenters. The number of nitrogens with zero attached hydrogens (tertiary/aromatic N) is 3. The fraction of sp³-hybridized carbons (Fsp3) is 0.362. The molecule has 6 heteroatoms. The van der Waals surface area contributed by atoms with Gasteiger partial charge in [0.2, 0.25) is 0 Å². The minimum absolute atomic E-state index is 0. The quantitative estimate of drug-likeness (QED) is 0.153. The van der Waals surface area contributed by atoms with Gasteiger partial charge in [0.25, 0.3) is 0 Å². The average molecular weight is 885 g/mol. The Morgan fingerprint density at radius 1 is 0.792 bits per heavy atom. The summed E-state index contributed by atoms with van der Waals surface area (Å²) >= 11 is 0. The molecule has 2 aliphatic heterocycles. The number of rotatable bonds is 7. The fourth-order valence-electron chi connectivity index (χ4n) is 7.49. The van der Waals surface area contributed by atoms with Crippen molar-refractivity contribution in [1.82, 2.24) is 4.98 Å². The van der Waals surface area contributed by atoms with Crippen LogP contribution in [0.2, 0.25) is 0 Å². The predicted octanol–water partition coefficient (Wildman–Crippen LogP) is 12.3. The molecule has 1 aromatic heterocycles. The second kappa shape index (κ2) is 14.2. The second-order valence-electron chi connectivity index (χ2n) is 17.1. The first-order valence-electron chi connectivity index (χ1n) is 18.6. The van der Waals surface area contributed by atoms with Gasteiger partial charge in [0.1, 0.15) is 18.3 Å². The molecule has 0 fully saturated rings. The van der Waals surface area contributed by atoms with E-state index in [-0.39, 0.29) is 37.4 Å². The van der Waals surface area contributed by atoms with Crippen LogP contribution in [0.3, 0.4) is 0 Å². The van der Waals surface area contributed by atoms with Gasteiger partial charge in [0, 0.05) is 23.4 Å². The van der Waals surface area contributed by atoms with E-state index in [0.717, 1.165) is 33.9 Å². The summed E-state index contributed by atoms with van der Waals surface area (Å²) in [4.78, 5) is 12.1. The number of aromatic nitrogens is 1. The Labute approximate surface area is 331 Å². The third kappa shape index (κ3) is 7.35. The molecule has 5 nitrogen and oxygen atoms in total. The molecule has 0 saturated heterocycles. The van der Waals surface area contributed by atoms with Gasteiger partial charge in [-0.3, -0.25) is 4.99 Å². The number of aliphatic imine (C=N–C) groups is 1. The molecule has 0 spiro atoms. The molecule has 0 radical (unpaired) electrons. The van der Waals surface area contributed by atoms with Crippen LogP contribution in [0.1, 0.15) is 121 Å². The van der Waals surface area contributed by atoms with E-state index in [1.807, 2.05) is 12.3 Å². The van der Waals surface area contributed by atoms with Crippen molar-refractivity contribution in [3.63, 3.8) is 0 Å². The Kier molecular flexibility index (Phi) is 10.3. The predicted molar refractivity (Wildman–Crippen MR) is 214 cm³/mol. The summed E-state index contributed by atoms with van der Waals surface area (Å²) in [6, 6.07) is 35.3. The maximum atomic E-state index is 6.81. The van der Waals surface area contributed by atoms with Crippen molar-refractivity contribution in [2.75, 3.05) is 11.5 Å².